The molecular formula is C17H14F2N4. The standard InChI is InChI=1S/C17H14F2N4/c18-14-4-1-6-16(12(14)10-20)22-8-3-9-23-17-7-2-5-15(19)13(17)11-21/h1-2,4-7,22-23H,3,8-9H2. The summed E-state index contributed by atoms with van der Waals surface area (Å²) in [5, 5.41) is 23.8. The molecule has 0 unspecified atom stereocenters. The van der Waals surface area contributed by atoms with Crippen molar-refractivity contribution in [2.45, 2.75) is 6.42 Å². The van der Waals surface area contributed by atoms with Crippen LogP contribution in [0.1, 0.15) is 17.5 Å². The maximum Gasteiger partial charge on any atom is 0.143 e. The maximum absolute atomic E-state index is 13.4. The highest BCUT2D eigenvalue weighted by molar-refractivity contribution is 5.58. The van der Waals surface area contributed by atoms with Crippen molar-refractivity contribution in [3.8, 4) is 12.1 Å². The Labute approximate surface area is 133 Å². The van der Waals surface area contributed by atoms with Gasteiger partial charge in [0.2, 0.25) is 0 Å². The van der Waals surface area contributed by atoms with Crippen LogP contribution in [-0.2, 0) is 0 Å². The molecule has 4 nitrogen and oxygen atoms in total. The van der Waals surface area contributed by atoms with E-state index in [2.05, 4.69) is 10.6 Å². The third-order valence-electron chi connectivity index (χ3n) is 3.24. The molecule has 0 radical (unpaired) electrons. The maximum atomic E-state index is 13.4. The predicted octanol–water partition coefficient (Wildman–Crippen LogP) is 3.62. The lowest BCUT2D eigenvalue weighted by Gasteiger charge is -2.11. The second kappa shape index (κ2) is 7.77. The highest BCUT2D eigenvalue weighted by atomic mass is 19.1. The zero-order valence-electron chi connectivity index (χ0n) is 12.2. The Kier molecular flexibility index (Phi) is 5.49. The highest BCUT2D eigenvalue weighted by Gasteiger charge is 2.08. The molecule has 0 atom stereocenters. The molecule has 0 saturated carbocycles. The quantitative estimate of drug-likeness (QED) is 0.799. The number of anilines is 2. The second-order valence-electron chi connectivity index (χ2n) is 4.76. The monoisotopic (exact) mass is 312 g/mol. The number of benzene rings is 2. The highest BCUT2D eigenvalue weighted by Crippen LogP contribution is 2.19. The Bertz CT molecular complexity index is 710. The molecule has 0 aromatic heterocycles. The average molecular weight is 312 g/mol. The lowest BCUT2D eigenvalue weighted by atomic mass is 10.1. The number of rotatable bonds is 6. The van der Waals surface area contributed by atoms with Gasteiger partial charge in [-0.3, -0.25) is 0 Å². The molecule has 0 spiro atoms. The van der Waals surface area contributed by atoms with Crippen LogP contribution in [0, 0.1) is 34.3 Å². The Morgan fingerprint density at radius 3 is 1.61 bits per heavy atom. The molecule has 0 bridgehead atoms. The van der Waals surface area contributed by atoms with Crippen molar-refractivity contribution < 1.29 is 8.78 Å². The third kappa shape index (κ3) is 3.96. The van der Waals surface area contributed by atoms with Crippen molar-refractivity contribution in [2.24, 2.45) is 0 Å². The minimum atomic E-state index is -0.561. The number of hydrogen-bond acceptors (Lipinski definition) is 4. The lowest BCUT2D eigenvalue weighted by Crippen LogP contribution is -2.11. The molecule has 2 rings (SSSR count). The first-order valence-electron chi connectivity index (χ1n) is 7.02. The molecule has 0 aliphatic carbocycles. The first-order chi connectivity index (χ1) is 11.2. The number of hydrogen-bond donors (Lipinski definition) is 2. The normalized spacial score (nSPS) is 9.74. The van der Waals surface area contributed by atoms with E-state index in [4.69, 9.17) is 10.5 Å². The molecule has 6 heteroatoms. The number of nitrogens with zero attached hydrogens (tertiary/aromatic N) is 2. The predicted molar refractivity (Wildman–Crippen MR) is 83.8 cm³/mol. The van der Waals surface area contributed by atoms with Gasteiger partial charge < -0.3 is 10.6 Å². The number of halogens is 2. The molecule has 2 aromatic carbocycles. The molecule has 0 heterocycles. The molecule has 23 heavy (non-hydrogen) atoms. The smallest absolute Gasteiger partial charge is 0.143 e. The van der Waals surface area contributed by atoms with E-state index in [1.54, 1.807) is 12.1 Å². The summed E-state index contributed by atoms with van der Waals surface area (Å²) < 4.78 is 26.9. The van der Waals surface area contributed by atoms with Crippen molar-refractivity contribution in [3.63, 3.8) is 0 Å². The van der Waals surface area contributed by atoms with E-state index in [-0.39, 0.29) is 11.1 Å². The van der Waals surface area contributed by atoms with Crippen molar-refractivity contribution in [3.05, 3.63) is 59.2 Å². The van der Waals surface area contributed by atoms with Crippen molar-refractivity contribution in [1.29, 1.82) is 10.5 Å². The van der Waals surface area contributed by atoms with Crippen LogP contribution in [0.2, 0.25) is 0 Å². The largest absolute Gasteiger partial charge is 0.384 e. The molecule has 0 amide bonds. The summed E-state index contributed by atoms with van der Waals surface area (Å²) in [6.45, 7) is 1.00. The minimum absolute atomic E-state index is 0.0163. The van der Waals surface area contributed by atoms with Crippen molar-refractivity contribution in [1.82, 2.24) is 0 Å². The Morgan fingerprint density at radius 1 is 0.783 bits per heavy atom. The van der Waals surface area contributed by atoms with E-state index in [0.717, 1.165) is 0 Å². The third-order valence-corrected chi connectivity index (χ3v) is 3.24. The zero-order chi connectivity index (χ0) is 16.7. The van der Waals surface area contributed by atoms with Crippen LogP contribution in [-0.4, -0.2) is 13.1 Å². The van der Waals surface area contributed by atoms with E-state index in [9.17, 15) is 8.78 Å². The van der Waals surface area contributed by atoms with E-state index >= 15 is 0 Å². The Hall–Kier alpha value is -3.12. The fourth-order valence-electron chi connectivity index (χ4n) is 2.10. The number of nitrogens with one attached hydrogen (secondary N) is 2. The molecule has 0 fully saturated rings. The van der Waals surface area contributed by atoms with Gasteiger partial charge in [0.15, 0.2) is 0 Å². The summed E-state index contributed by atoms with van der Waals surface area (Å²) in [5.41, 5.74) is 0.849. The summed E-state index contributed by atoms with van der Waals surface area (Å²) >= 11 is 0. The van der Waals surface area contributed by atoms with E-state index in [1.165, 1.54) is 24.3 Å². The Morgan fingerprint density at radius 2 is 1.22 bits per heavy atom. The van der Waals surface area contributed by atoms with Gasteiger partial charge in [0.25, 0.3) is 0 Å². The van der Waals surface area contributed by atoms with E-state index in [0.29, 0.717) is 30.9 Å². The fourth-order valence-corrected chi connectivity index (χ4v) is 2.10. The molecule has 0 aliphatic heterocycles. The van der Waals surface area contributed by atoms with Crippen molar-refractivity contribution >= 4 is 11.4 Å². The Balaban J connectivity index is 1.86. The van der Waals surface area contributed by atoms with Crippen molar-refractivity contribution in [2.75, 3.05) is 23.7 Å². The zero-order valence-corrected chi connectivity index (χ0v) is 12.2. The van der Waals surface area contributed by atoms with Crippen LogP contribution < -0.4 is 10.6 Å². The van der Waals surface area contributed by atoms with Gasteiger partial charge in [-0.2, -0.15) is 10.5 Å². The lowest BCUT2D eigenvalue weighted by molar-refractivity contribution is 0.624. The molecule has 2 N–H and O–H groups in total. The van der Waals surface area contributed by atoms with Crippen LogP contribution in [0.5, 0.6) is 0 Å². The van der Waals surface area contributed by atoms with E-state index < -0.39 is 11.6 Å². The van der Waals surface area contributed by atoms with E-state index in [1.807, 2.05) is 12.1 Å². The van der Waals surface area contributed by atoms with Crippen LogP contribution in [0.4, 0.5) is 20.2 Å². The van der Waals surface area contributed by atoms with Crippen LogP contribution in [0.25, 0.3) is 0 Å². The summed E-state index contributed by atoms with van der Waals surface area (Å²) in [6, 6.07) is 12.4. The molecular weight excluding hydrogens is 298 g/mol. The van der Waals surface area contributed by atoms with Crippen LogP contribution in [0.3, 0.4) is 0 Å². The summed E-state index contributed by atoms with van der Waals surface area (Å²) in [5.74, 6) is -1.12. The van der Waals surface area contributed by atoms with Gasteiger partial charge in [0.1, 0.15) is 34.9 Å². The molecule has 116 valence electrons. The van der Waals surface area contributed by atoms with Gasteiger partial charge in [-0.15, -0.1) is 0 Å². The molecule has 0 saturated heterocycles. The van der Waals surface area contributed by atoms with Crippen LogP contribution in [0.15, 0.2) is 36.4 Å². The van der Waals surface area contributed by atoms with Crippen LogP contribution >= 0.6 is 0 Å². The van der Waals surface area contributed by atoms with Gasteiger partial charge in [-0.25, -0.2) is 8.78 Å². The van der Waals surface area contributed by atoms with Gasteiger partial charge >= 0.3 is 0 Å². The summed E-state index contributed by atoms with van der Waals surface area (Å²) in [7, 11) is 0. The molecule has 2 aromatic rings. The van der Waals surface area contributed by atoms with Gasteiger partial charge in [-0.1, -0.05) is 12.1 Å². The SMILES string of the molecule is N#Cc1c(F)cccc1NCCCNc1cccc(F)c1C#N. The van der Waals surface area contributed by atoms with Gasteiger partial charge in [0, 0.05) is 13.1 Å². The first kappa shape index (κ1) is 16.3. The number of nitriles is 2. The first-order valence-corrected chi connectivity index (χ1v) is 7.02. The van der Waals surface area contributed by atoms with Gasteiger partial charge in [-0.05, 0) is 30.7 Å². The second-order valence-corrected chi connectivity index (χ2v) is 4.76. The summed E-state index contributed by atoms with van der Waals surface area (Å²) in [4.78, 5) is 0. The minimum Gasteiger partial charge on any atom is -0.384 e. The topological polar surface area (TPSA) is 71.6 Å². The fraction of sp³-hybridized carbons (Fsp3) is 0.176. The average Bonchev–Trinajstić information content (AvgIpc) is 2.55. The molecule has 0 aliphatic rings. The summed E-state index contributed by atoms with van der Waals surface area (Å²) in [6.07, 6.45) is 0.642. The van der Waals surface area contributed by atoms with Gasteiger partial charge in [0.05, 0.1) is 11.4 Å².